The summed E-state index contributed by atoms with van der Waals surface area (Å²) in [6.07, 6.45) is 1.83. The molecule has 1 rings (SSSR count). The normalized spacial score (nSPS) is 12.2. The molecule has 0 aromatic heterocycles. The summed E-state index contributed by atoms with van der Waals surface area (Å²) in [5, 5.41) is 9.63. The highest BCUT2D eigenvalue weighted by Gasteiger charge is 2.27. The zero-order chi connectivity index (χ0) is 15.8. The van der Waals surface area contributed by atoms with Crippen molar-refractivity contribution in [1.82, 2.24) is 4.90 Å². The Morgan fingerprint density at radius 3 is 2.14 bits per heavy atom. The molecule has 0 amide bonds. The molecule has 0 bridgehead atoms. The molecule has 0 saturated heterocycles. The van der Waals surface area contributed by atoms with E-state index in [-0.39, 0.29) is 0 Å². The van der Waals surface area contributed by atoms with E-state index in [1.165, 1.54) is 0 Å². The summed E-state index contributed by atoms with van der Waals surface area (Å²) in [6, 6.07) is 4.62. The third-order valence-corrected chi connectivity index (χ3v) is 3.34. The van der Waals surface area contributed by atoms with Gasteiger partial charge < -0.3 is 14.6 Å². The van der Waals surface area contributed by atoms with Crippen LogP contribution in [0.25, 0.3) is 0 Å². The summed E-state index contributed by atoms with van der Waals surface area (Å²) in [5.41, 5.74) is 0.710. The van der Waals surface area contributed by atoms with E-state index >= 15 is 0 Å². The van der Waals surface area contributed by atoms with Gasteiger partial charge in [0.15, 0.2) is 11.5 Å². The lowest BCUT2D eigenvalue weighted by molar-refractivity contribution is -0.143. The zero-order valence-corrected chi connectivity index (χ0v) is 13.3. The summed E-state index contributed by atoms with van der Waals surface area (Å²) in [7, 11) is 3.11. The number of hydrogen-bond acceptors (Lipinski definition) is 4. The first-order valence-corrected chi connectivity index (χ1v) is 7.27. The Morgan fingerprint density at radius 2 is 1.71 bits per heavy atom. The minimum atomic E-state index is -0.843. The van der Waals surface area contributed by atoms with Crippen LogP contribution in [0.3, 0.4) is 0 Å². The van der Waals surface area contributed by atoms with Gasteiger partial charge in [0.2, 0.25) is 0 Å². The van der Waals surface area contributed by atoms with E-state index in [1.807, 2.05) is 4.90 Å². The van der Waals surface area contributed by atoms with Crippen LogP contribution in [-0.4, -0.2) is 43.3 Å². The van der Waals surface area contributed by atoms with Crippen LogP contribution in [0.15, 0.2) is 18.2 Å². The number of methoxy groups -OCH3 is 2. The maximum atomic E-state index is 11.7. The number of carboxylic acid groups (broad SMARTS) is 1. The molecule has 5 nitrogen and oxygen atoms in total. The van der Waals surface area contributed by atoms with Gasteiger partial charge >= 0.3 is 5.97 Å². The van der Waals surface area contributed by atoms with Crippen LogP contribution in [0.4, 0.5) is 0 Å². The van der Waals surface area contributed by atoms with Gasteiger partial charge in [0.1, 0.15) is 6.04 Å². The smallest absolute Gasteiger partial charge is 0.325 e. The number of carbonyl (C=O) groups is 1. The van der Waals surface area contributed by atoms with Crippen LogP contribution in [0.1, 0.15) is 38.3 Å². The van der Waals surface area contributed by atoms with Gasteiger partial charge in [0, 0.05) is 0 Å². The monoisotopic (exact) mass is 295 g/mol. The molecule has 1 aromatic carbocycles. The molecule has 118 valence electrons. The average molecular weight is 295 g/mol. The van der Waals surface area contributed by atoms with Crippen molar-refractivity contribution in [2.75, 3.05) is 27.3 Å². The summed E-state index contributed by atoms with van der Waals surface area (Å²) < 4.78 is 10.5. The Morgan fingerprint density at radius 1 is 1.14 bits per heavy atom. The van der Waals surface area contributed by atoms with Crippen molar-refractivity contribution in [2.45, 2.75) is 32.7 Å². The molecule has 1 unspecified atom stereocenters. The minimum absolute atomic E-state index is 0.550. The van der Waals surface area contributed by atoms with Gasteiger partial charge in [0.05, 0.1) is 14.2 Å². The van der Waals surface area contributed by atoms with Gasteiger partial charge in [-0.25, -0.2) is 0 Å². The van der Waals surface area contributed by atoms with Crippen LogP contribution >= 0.6 is 0 Å². The van der Waals surface area contributed by atoms with Crippen molar-refractivity contribution in [2.24, 2.45) is 0 Å². The molecular formula is C16H25NO4. The third kappa shape index (κ3) is 4.36. The number of carboxylic acids is 1. The van der Waals surface area contributed by atoms with Crippen LogP contribution in [0, 0.1) is 0 Å². The summed E-state index contributed by atoms with van der Waals surface area (Å²) in [4.78, 5) is 13.7. The Bertz CT molecular complexity index is 456. The zero-order valence-electron chi connectivity index (χ0n) is 13.3. The Labute approximate surface area is 126 Å². The average Bonchev–Trinajstić information content (AvgIpc) is 2.47. The van der Waals surface area contributed by atoms with Gasteiger partial charge in [-0.2, -0.15) is 0 Å². The molecule has 0 aliphatic rings. The Balaban J connectivity index is 3.17. The van der Waals surface area contributed by atoms with Crippen molar-refractivity contribution in [3.05, 3.63) is 23.8 Å². The molecule has 0 aliphatic heterocycles. The first-order valence-electron chi connectivity index (χ1n) is 7.27. The van der Waals surface area contributed by atoms with Crippen LogP contribution in [0.5, 0.6) is 11.5 Å². The lowest BCUT2D eigenvalue weighted by atomic mass is 10.0. The van der Waals surface area contributed by atoms with E-state index in [1.54, 1.807) is 32.4 Å². The fourth-order valence-electron chi connectivity index (χ4n) is 2.48. The second-order valence-corrected chi connectivity index (χ2v) is 4.89. The minimum Gasteiger partial charge on any atom is -0.493 e. The number of benzene rings is 1. The highest BCUT2D eigenvalue weighted by atomic mass is 16.5. The molecule has 21 heavy (non-hydrogen) atoms. The predicted molar refractivity (Wildman–Crippen MR) is 82.1 cm³/mol. The fraction of sp³-hybridized carbons (Fsp3) is 0.562. The number of hydrogen-bond donors (Lipinski definition) is 1. The van der Waals surface area contributed by atoms with E-state index in [0.717, 1.165) is 25.9 Å². The molecule has 0 saturated carbocycles. The lowest BCUT2D eigenvalue weighted by Crippen LogP contribution is -2.35. The Hall–Kier alpha value is -1.75. The number of aliphatic carboxylic acids is 1. The molecule has 0 heterocycles. The first kappa shape index (κ1) is 17.3. The molecule has 0 radical (unpaired) electrons. The fourth-order valence-corrected chi connectivity index (χ4v) is 2.48. The molecule has 1 atom stereocenters. The molecular weight excluding hydrogens is 270 g/mol. The molecule has 5 heteroatoms. The van der Waals surface area contributed by atoms with E-state index in [2.05, 4.69) is 13.8 Å². The van der Waals surface area contributed by atoms with Gasteiger partial charge in [0.25, 0.3) is 0 Å². The predicted octanol–water partition coefficient (Wildman–Crippen LogP) is 2.95. The van der Waals surface area contributed by atoms with Crippen molar-refractivity contribution < 1.29 is 19.4 Å². The highest BCUT2D eigenvalue weighted by Crippen LogP contribution is 2.32. The summed E-state index contributed by atoms with van der Waals surface area (Å²) in [6.45, 7) is 5.60. The topological polar surface area (TPSA) is 59.0 Å². The van der Waals surface area contributed by atoms with Gasteiger partial charge in [-0.3, -0.25) is 9.69 Å². The van der Waals surface area contributed by atoms with Crippen LogP contribution in [0.2, 0.25) is 0 Å². The largest absolute Gasteiger partial charge is 0.493 e. The van der Waals surface area contributed by atoms with E-state index < -0.39 is 12.0 Å². The van der Waals surface area contributed by atoms with Gasteiger partial charge in [-0.15, -0.1) is 0 Å². The molecule has 1 aromatic rings. The quantitative estimate of drug-likeness (QED) is 0.759. The molecule has 0 fully saturated rings. The number of ether oxygens (including phenoxy) is 2. The second-order valence-electron chi connectivity index (χ2n) is 4.89. The Kier molecular flexibility index (Phi) is 7.02. The third-order valence-electron chi connectivity index (χ3n) is 3.34. The second kappa shape index (κ2) is 8.52. The van der Waals surface area contributed by atoms with Gasteiger partial charge in [-0.1, -0.05) is 19.9 Å². The van der Waals surface area contributed by atoms with Crippen LogP contribution in [-0.2, 0) is 4.79 Å². The van der Waals surface area contributed by atoms with Crippen molar-refractivity contribution in [1.29, 1.82) is 0 Å². The standard InChI is InChI=1S/C16H25NO4/c1-5-9-17(10-6-2)15(16(18)19)12-7-8-13(20-3)14(11-12)21-4/h7-8,11,15H,5-6,9-10H2,1-4H3,(H,18,19). The van der Waals surface area contributed by atoms with Crippen molar-refractivity contribution >= 4 is 5.97 Å². The number of rotatable bonds is 9. The van der Waals surface area contributed by atoms with E-state index in [4.69, 9.17) is 9.47 Å². The van der Waals surface area contributed by atoms with E-state index in [9.17, 15) is 9.90 Å². The van der Waals surface area contributed by atoms with Gasteiger partial charge in [-0.05, 0) is 43.6 Å². The molecule has 0 aliphatic carbocycles. The lowest BCUT2D eigenvalue weighted by Gasteiger charge is -2.28. The maximum absolute atomic E-state index is 11.7. The summed E-state index contributed by atoms with van der Waals surface area (Å²) >= 11 is 0. The first-order chi connectivity index (χ1) is 10.1. The van der Waals surface area contributed by atoms with Crippen LogP contribution < -0.4 is 9.47 Å². The van der Waals surface area contributed by atoms with Crippen molar-refractivity contribution in [3.8, 4) is 11.5 Å². The highest BCUT2D eigenvalue weighted by molar-refractivity contribution is 5.76. The maximum Gasteiger partial charge on any atom is 0.325 e. The van der Waals surface area contributed by atoms with E-state index in [0.29, 0.717) is 17.1 Å². The summed E-state index contributed by atoms with van der Waals surface area (Å²) in [5.74, 6) is 0.307. The van der Waals surface area contributed by atoms with Crippen molar-refractivity contribution in [3.63, 3.8) is 0 Å². The SMILES string of the molecule is CCCN(CCC)C(C(=O)O)c1ccc(OC)c(OC)c1. The molecule has 0 spiro atoms. The molecule has 1 N–H and O–H groups in total. The number of nitrogens with zero attached hydrogens (tertiary/aromatic N) is 1.